The number of hydrogen-bond acceptors (Lipinski definition) is 4. The Morgan fingerprint density at radius 3 is 2.70 bits per heavy atom. The van der Waals surface area contributed by atoms with Crippen LogP contribution in [0, 0.1) is 19.7 Å². The Bertz CT molecular complexity index is 1020. The summed E-state index contributed by atoms with van der Waals surface area (Å²) in [6.07, 6.45) is 0.934. The quantitative estimate of drug-likeness (QED) is 0.695. The molecule has 0 aliphatic carbocycles. The van der Waals surface area contributed by atoms with Crippen molar-refractivity contribution in [2.75, 3.05) is 13.2 Å². The fraction of sp³-hybridized carbons (Fsp3) is 0.455. The maximum atomic E-state index is 14.7. The smallest absolute Gasteiger partial charge is 0.256 e. The number of ether oxygens (including phenoxy) is 1. The van der Waals surface area contributed by atoms with Crippen LogP contribution in [0.4, 0.5) is 4.39 Å². The number of amides is 1. The van der Waals surface area contributed by atoms with Crippen molar-refractivity contribution < 1.29 is 19.0 Å². The molecule has 3 rings (SSSR count). The van der Waals surface area contributed by atoms with Gasteiger partial charge in [-0.1, -0.05) is 18.5 Å². The second-order valence-corrected chi connectivity index (χ2v) is 7.98. The van der Waals surface area contributed by atoms with Gasteiger partial charge in [-0.3, -0.25) is 9.59 Å². The largest absolute Gasteiger partial charge is 0.489 e. The summed E-state index contributed by atoms with van der Waals surface area (Å²) in [4.78, 5) is 29.8. The molecule has 6 nitrogen and oxygen atoms in total. The van der Waals surface area contributed by atoms with Gasteiger partial charge in [0.25, 0.3) is 11.5 Å². The van der Waals surface area contributed by atoms with E-state index in [9.17, 15) is 14.0 Å². The summed E-state index contributed by atoms with van der Waals surface area (Å²) in [5.74, 6) is -0.881. The Kier molecular flexibility index (Phi) is 6.83. The van der Waals surface area contributed by atoms with E-state index in [1.54, 1.807) is 6.92 Å². The lowest BCUT2D eigenvalue weighted by Gasteiger charge is -2.30. The van der Waals surface area contributed by atoms with Crippen molar-refractivity contribution in [3.63, 3.8) is 0 Å². The van der Waals surface area contributed by atoms with E-state index in [4.69, 9.17) is 21.4 Å². The van der Waals surface area contributed by atoms with E-state index in [0.29, 0.717) is 24.8 Å². The van der Waals surface area contributed by atoms with Gasteiger partial charge in [-0.2, -0.15) is 0 Å². The van der Waals surface area contributed by atoms with E-state index < -0.39 is 11.7 Å². The standard InChI is InChI=1S/C22H26ClFN2O4/c1-4-14(6-8-27)30-18-10-17(24)15-5-7-26(22(29)19(15)20(18)23)11-16-12(2)9-13(3)25-21(16)28/h9-10,14,27H,4-8,11H2,1-3H3,(H,25,28)/t14-/m0/s1. The average Bonchev–Trinajstić information content (AvgIpc) is 2.69. The van der Waals surface area contributed by atoms with Crippen LogP contribution in [0.2, 0.25) is 5.02 Å². The number of nitrogens with one attached hydrogen (secondary N) is 1. The number of fused-ring (bicyclic) bond motifs is 1. The van der Waals surface area contributed by atoms with Crippen molar-refractivity contribution in [1.29, 1.82) is 0 Å². The van der Waals surface area contributed by atoms with Crippen molar-refractivity contribution in [3.8, 4) is 5.75 Å². The summed E-state index contributed by atoms with van der Waals surface area (Å²) in [6, 6.07) is 3.06. The second-order valence-electron chi connectivity index (χ2n) is 7.60. The summed E-state index contributed by atoms with van der Waals surface area (Å²) in [7, 11) is 0. The van der Waals surface area contributed by atoms with E-state index >= 15 is 0 Å². The van der Waals surface area contributed by atoms with Crippen LogP contribution in [0.15, 0.2) is 16.9 Å². The summed E-state index contributed by atoms with van der Waals surface area (Å²) in [5, 5.41) is 9.23. The van der Waals surface area contributed by atoms with E-state index in [0.717, 1.165) is 11.3 Å². The molecule has 1 aromatic carbocycles. The van der Waals surface area contributed by atoms with Crippen LogP contribution in [0.3, 0.4) is 0 Å². The molecule has 1 amide bonds. The minimum atomic E-state index is -0.541. The minimum Gasteiger partial charge on any atom is -0.489 e. The van der Waals surface area contributed by atoms with Crippen molar-refractivity contribution in [1.82, 2.24) is 9.88 Å². The van der Waals surface area contributed by atoms with Gasteiger partial charge in [-0.05, 0) is 38.3 Å². The number of carbonyl (C=O) groups is 1. The number of carbonyl (C=O) groups excluding carboxylic acids is 1. The molecule has 0 radical (unpaired) electrons. The molecule has 0 saturated carbocycles. The van der Waals surface area contributed by atoms with Crippen LogP contribution in [-0.2, 0) is 13.0 Å². The first-order chi connectivity index (χ1) is 14.3. The SMILES string of the molecule is CC[C@@H](CCO)Oc1cc(F)c2c(c1Cl)C(=O)N(Cc1c(C)cc(C)[nH]c1=O)CC2. The fourth-order valence-corrected chi connectivity index (χ4v) is 4.08. The molecule has 0 unspecified atom stereocenters. The maximum absolute atomic E-state index is 14.7. The molecule has 1 atom stereocenters. The molecule has 0 saturated heterocycles. The van der Waals surface area contributed by atoms with Gasteiger partial charge in [0.1, 0.15) is 17.7 Å². The number of aromatic amines is 1. The molecule has 2 aromatic rings. The van der Waals surface area contributed by atoms with Crippen LogP contribution in [0.1, 0.15) is 52.5 Å². The van der Waals surface area contributed by atoms with Crippen molar-refractivity contribution in [2.24, 2.45) is 0 Å². The topological polar surface area (TPSA) is 82.6 Å². The molecule has 2 heterocycles. The number of aliphatic hydroxyl groups is 1. The Hall–Kier alpha value is -2.38. The van der Waals surface area contributed by atoms with Gasteiger partial charge >= 0.3 is 0 Å². The number of aromatic nitrogens is 1. The third-order valence-corrected chi connectivity index (χ3v) is 5.83. The van der Waals surface area contributed by atoms with E-state index in [1.807, 2.05) is 19.9 Å². The highest BCUT2D eigenvalue weighted by molar-refractivity contribution is 6.35. The van der Waals surface area contributed by atoms with E-state index in [-0.39, 0.29) is 53.3 Å². The number of benzene rings is 1. The Labute approximate surface area is 179 Å². The van der Waals surface area contributed by atoms with Crippen molar-refractivity contribution >= 4 is 17.5 Å². The molecule has 0 bridgehead atoms. The normalized spacial score (nSPS) is 14.6. The molecule has 1 aromatic heterocycles. The van der Waals surface area contributed by atoms with Crippen molar-refractivity contribution in [2.45, 2.75) is 52.7 Å². The lowest BCUT2D eigenvalue weighted by atomic mass is 9.97. The molecule has 0 spiro atoms. The summed E-state index contributed by atoms with van der Waals surface area (Å²) in [5.41, 5.74) is 2.14. The third-order valence-electron chi connectivity index (χ3n) is 5.46. The highest BCUT2D eigenvalue weighted by Crippen LogP contribution is 2.37. The second kappa shape index (κ2) is 9.18. The third kappa shape index (κ3) is 4.37. The van der Waals surface area contributed by atoms with Crippen LogP contribution in [-0.4, -0.2) is 40.2 Å². The molecule has 162 valence electrons. The Morgan fingerprint density at radius 2 is 2.07 bits per heavy atom. The fourth-order valence-electron chi connectivity index (χ4n) is 3.79. The predicted octanol–water partition coefficient (Wildman–Crippen LogP) is 3.52. The lowest BCUT2D eigenvalue weighted by Crippen LogP contribution is -2.39. The van der Waals surface area contributed by atoms with Gasteiger partial charge in [0, 0.05) is 42.5 Å². The zero-order valence-electron chi connectivity index (χ0n) is 17.3. The molecular weight excluding hydrogens is 411 g/mol. The average molecular weight is 437 g/mol. The Balaban J connectivity index is 1.94. The van der Waals surface area contributed by atoms with Gasteiger partial charge < -0.3 is 19.7 Å². The zero-order valence-corrected chi connectivity index (χ0v) is 18.1. The summed E-state index contributed by atoms with van der Waals surface area (Å²) < 4.78 is 20.5. The maximum Gasteiger partial charge on any atom is 0.256 e. The number of pyridine rings is 1. The Morgan fingerprint density at radius 1 is 1.33 bits per heavy atom. The number of aliphatic hydroxyl groups excluding tert-OH is 1. The number of nitrogens with zero attached hydrogens (tertiary/aromatic N) is 1. The number of hydrogen-bond donors (Lipinski definition) is 2. The first-order valence-corrected chi connectivity index (χ1v) is 10.4. The summed E-state index contributed by atoms with van der Waals surface area (Å²) in [6.45, 7) is 5.84. The number of aryl methyl sites for hydroxylation is 2. The first kappa shape index (κ1) is 22.3. The highest BCUT2D eigenvalue weighted by Gasteiger charge is 2.32. The van der Waals surface area contributed by atoms with Gasteiger partial charge in [0.15, 0.2) is 0 Å². The molecule has 0 fully saturated rings. The van der Waals surface area contributed by atoms with E-state index in [1.165, 1.54) is 11.0 Å². The molecule has 8 heteroatoms. The minimum absolute atomic E-state index is 0.0621. The number of rotatable bonds is 7. The highest BCUT2D eigenvalue weighted by atomic mass is 35.5. The van der Waals surface area contributed by atoms with Crippen LogP contribution >= 0.6 is 11.6 Å². The van der Waals surface area contributed by atoms with E-state index in [2.05, 4.69) is 4.98 Å². The van der Waals surface area contributed by atoms with Gasteiger partial charge in [0.2, 0.25) is 0 Å². The predicted molar refractivity (Wildman–Crippen MR) is 113 cm³/mol. The molecule has 30 heavy (non-hydrogen) atoms. The van der Waals surface area contributed by atoms with Gasteiger partial charge in [-0.25, -0.2) is 4.39 Å². The monoisotopic (exact) mass is 436 g/mol. The van der Waals surface area contributed by atoms with Gasteiger partial charge in [0.05, 0.1) is 17.1 Å². The zero-order chi connectivity index (χ0) is 22.0. The van der Waals surface area contributed by atoms with Crippen LogP contribution in [0.5, 0.6) is 5.75 Å². The van der Waals surface area contributed by atoms with Crippen LogP contribution in [0.25, 0.3) is 0 Å². The number of halogens is 2. The molecule has 2 N–H and O–H groups in total. The molecular formula is C22H26ClFN2O4. The lowest BCUT2D eigenvalue weighted by molar-refractivity contribution is 0.0722. The molecule has 1 aliphatic rings. The number of H-pyrrole nitrogens is 1. The first-order valence-electron chi connectivity index (χ1n) is 10.0. The van der Waals surface area contributed by atoms with Gasteiger partial charge in [-0.15, -0.1) is 0 Å². The van der Waals surface area contributed by atoms with Crippen molar-refractivity contribution in [3.05, 3.63) is 61.3 Å². The molecule has 1 aliphatic heterocycles. The van der Waals surface area contributed by atoms with Crippen LogP contribution < -0.4 is 10.3 Å². The summed E-state index contributed by atoms with van der Waals surface area (Å²) >= 11 is 6.48.